The predicted molar refractivity (Wildman–Crippen MR) is 99.3 cm³/mol. The Labute approximate surface area is 163 Å². The SMILES string of the molecule is COCCOC(=O)C1=C(N)OC2=C(C(=O)CC(C)(C)C2)[C@@H]1c1ccc(F)cc1. The molecule has 0 unspecified atom stereocenters. The minimum absolute atomic E-state index is 0.0368. The molecule has 1 aliphatic carbocycles. The maximum atomic E-state index is 13.5. The van der Waals surface area contributed by atoms with Crippen LogP contribution in [0.4, 0.5) is 4.39 Å². The van der Waals surface area contributed by atoms with Crippen LogP contribution in [0.2, 0.25) is 0 Å². The van der Waals surface area contributed by atoms with E-state index in [-0.39, 0.29) is 35.9 Å². The first kappa shape index (κ1) is 20.1. The number of rotatable bonds is 5. The van der Waals surface area contributed by atoms with Crippen LogP contribution in [0.1, 0.15) is 38.2 Å². The molecule has 1 aromatic rings. The van der Waals surface area contributed by atoms with E-state index in [0.29, 0.717) is 29.7 Å². The summed E-state index contributed by atoms with van der Waals surface area (Å²) in [5.41, 5.74) is 6.82. The third-order valence-corrected chi connectivity index (χ3v) is 4.90. The molecule has 0 spiro atoms. The van der Waals surface area contributed by atoms with E-state index >= 15 is 0 Å². The summed E-state index contributed by atoms with van der Waals surface area (Å²) in [5.74, 6) is -1.61. The lowest BCUT2D eigenvalue weighted by molar-refractivity contribution is -0.140. The Balaban J connectivity index is 2.07. The number of carbonyl (C=O) groups is 2. The lowest BCUT2D eigenvalue weighted by Crippen LogP contribution is -2.35. The molecule has 0 aromatic heterocycles. The van der Waals surface area contributed by atoms with Crippen LogP contribution in [0, 0.1) is 11.2 Å². The molecule has 1 aliphatic heterocycles. The highest BCUT2D eigenvalue weighted by Gasteiger charge is 2.45. The van der Waals surface area contributed by atoms with Crippen LogP contribution < -0.4 is 5.73 Å². The second-order valence-electron chi connectivity index (χ2n) is 7.77. The molecule has 6 nitrogen and oxygen atoms in total. The molecule has 0 bridgehead atoms. The summed E-state index contributed by atoms with van der Waals surface area (Å²) in [5, 5.41) is 0. The molecule has 0 saturated carbocycles. The summed E-state index contributed by atoms with van der Waals surface area (Å²) in [6, 6.07) is 5.65. The number of ether oxygens (including phenoxy) is 3. The molecule has 28 heavy (non-hydrogen) atoms. The van der Waals surface area contributed by atoms with Crippen molar-refractivity contribution in [1.29, 1.82) is 0 Å². The number of hydrogen-bond donors (Lipinski definition) is 1. The van der Waals surface area contributed by atoms with Gasteiger partial charge in [-0.3, -0.25) is 4.79 Å². The Kier molecular flexibility index (Phi) is 5.56. The zero-order chi connectivity index (χ0) is 20.5. The van der Waals surface area contributed by atoms with Crippen molar-refractivity contribution in [3.8, 4) is 0 Å². The molecular weight excluding hydrogens is 365 g/mol. The van der Waals surface area contributed by atoms with Crippen LogP contribution in [0.25, 0.3) is 0 Å². The third kappa shape index (κ3) is 3.94. The average molecular weight is 389 g/mol. The fourth-order valence-corrected chi connectivity index (χ4v) is 3.67. The van der Waals surface area contributed by atoms with Crippen LogP contribution in [0.3, 0.4) is 0 Å². The summed E-state index contributed by atoms with van der Waals surface area (Å²) < 4.78 is 29.3. The van der Waals surface area contributed by atoms with Crippen LogP contribution in [-0.4, -0.2) is 32.1 Å². The van der Waals surface area contributed by atoms with Crippen molar-refractivity contribution in [2.75, 3.05) is 20.3 Å². The summed E-state index contributed by atoms with van der Waals surface area (Å²) in [6.45, 7) is 4.20. The topological polar surface area (TPSA) is 87.8 Å². The van der Waals surface area contributed by atoms with Gasteiger partial charge < -0.3 is 19.9 Å². The maximum Gasteiger partial charge on any atom is 0.340 e. The number of esters is 1. The second-order valence-corrected chi connectivity index (χ2v) is 7.77. The summed E-state index contributed by atoms with van der Waals surface area (Å²) in [6.07, 6.45) is 0.831. The Morgan fingerprint density at radius 3 is 2.57 bits per heavy atom. The van der Waals surface area contributed by atoms with E-state index in [1.165, 1.54) is 19.2 Å². The molecule has 150 valence electrons. The van der Waals surface area contributed by atoms with Crippen LogP contribution in [0.15, 0.2) is 47.1 Å². The second kappa shape index (κ2) is 7.75. The molecule has 1 atom stereocenters. The Bertz CT molecular complexity index is 854. The first-order valence-electron chi connectivity index (χ1n) is 9.09. The average Bonchev–Trinajstić information content (AvgIpc) is 2.60. The Morgan fingerprint density at radius 2 is 1.93 bits per heavy atom. The fraction of sp³-hybridized carbons (Fsp3) is 0.429. The largest absolute Gasteiger partial charge is 0.460 e. The number of hydrogen-bond acceptors (Lipinski definition) is 6. The van der Waals surface area contributed by atoms with Crippen molar-refractivity contribution < 1.29 is 28.2 Å². The van der Waals surface area contributed by atoms with Gasteiger partial charge in [0.1, 0.15) is 23.8 Å². The highest BCUT2D eigenvalue weighted by atomic mass is 19.1. The van der Waals surface area contributed by atoms with Crippen molar-refractivity contribution in [3.63, 3.8) is 0 Å². The van der Waals surface area contributed by atoms with Gasteiger partial charge in [0.15, 0.2) is 5.78 Å². The molecule has 3 rings (SSSR count). The molecule has 0 radical (unpaired) electrons. The highest BCUT2D eigenvalue weighted by Crippen LogP contribution is 2.48. The molecule has 7 heteroatoms. The zero-order valence-electron chi connectivity index (χ0n) is 16.2. The monoisotopic (exact) mass is 389 g/mol. The van der Waals surface area contributed by atoms with Gasteiger partial charge >= 0.3 is 5.97 Å². The summed E-state index contributed by atoms with van der Waals surface area (Å²) in [7, 11) is 1.49. The van der Waals surface area contributed by atoms with E-state index in [2.05, 4.69) is 0 Å². The number of halogens is 1. The number of ketones is 1. The molecule has 1 heterocycles. The lowest BCUT2D eigenvalue weighted by atomic mass is 9.70. The summed E-state index contributed by atoms with van der Waals surface area (Å²) >= 11 is 0. The van der Waals surface area contributed by atoms with E-state index < -0.39 is 17.7 Å². The lowest BCUT2D eigenvalue weighted by Gasteiger charge is -2.37. The summed E-state index contributed by atoms with van der Waals surface area (Å²) in [4.78, 5) is 25.7. The van der Waals surface area contributed by atoms with Gasteiger partial charge in [0.2, 0.25) is 5.88 Å². The highest BCUT2D eigenvalue weighted by molar-refractivity contribution is 6.03. The third-order valence-electron chi connectivity index (χ3n) is 4.90. The van der Waals surface area contributed by atoms with Gasteiger partial charge in [-0.1, -0.05) is 26.0 Å². The smallest absolute Gasteiger partial charge is 0.340 e. The number of nitrogens with two attached hydrogens (primary N) is 1. The zero-order valence-corrected chi connectivity index (χ0v) is 16.2. The van der Waals surface area contributed by atoms with Gasteiger partial charge in [-0.2, -0.15) is 0 Å². The van der Waals surface area contributed by atoms with Crippen molar-refractivity contribution in [3.05, 3.63) is 58.4 Å². The van der Waals surface area contributed by atoms with Gasteiger partial charge in [-0.05, 0) is 23.1 Å². The Morgan fingerprint density at radius 1 is 1.25 bits per heavy atom. The molecule has 1 aromatic carbocycles. The number of allylic oxidation sites excluding steroid dienone is 2. The van der Waals surface area contributed by atoms with E-state index in [4.69, 9.17) is 19.9 Å². The normalized spacial score (nSPS) is 21.3. The van der Waals surface area contributed by atoms with Crippen LogP contribution in [-0.2, 0) is 23.8 Å². The van der Waals surface area contributed by atoms with Gasteiger partial charge in [0.25, 0.3) is 0 Å². The van der Waals surface area contributed by atoms with Crippen LogP contribution in [0.5, 0.6) is 0 Å². The van der Waals surface area contributed by atoms with Crippen molar-refractivity contribution in [1.82, 2.24) is 0 Å². The first-order valence-corrected chi connectivity index (χ1v) is 9.09. The van der Waals surface area contributed by atoms with Crippen LogP contribution >= 0.6 is 0 Å². The predicted octanol–water partition coefficient (Wildman–Crippen LogP) is 2.94. The molecule has 0 fully saturated rings. The standard InChI is InChI=1S/C21H24FNO5/c1-21(2)10-14(24)17-15(11-21)28-19(23)18(20(25)27-9-8-26-3)16(17)12-4-6-13(22)7-5-12/h4-7,16H,8-11,23H2,1-3H3/t16-/m0/s1. The van der Waals surface area contributed by atoms with E-state index in [1.54, 1.807) is 12.1 Å². The van der Waals surface area contributed by atoms with Gasteiger partial charge in [0, 0.05) is 25.5 Å². The van der Waals surface area contributed by atoms with Gasteiger partial charge in [-0.25, -0.2) is 9.18 Å². The quantitative estimate of drug-likeness (QED) is 0.615. The molecule has 0 saturated heterocycles. The number of benzene rings is 1. The molecular formula is C21H24FNO5. The van der Waals surface area contributed by atoms with E-state index in [0.717, 1.165) is 0 Å². The fourth-order valence-electron chi connectivity index (χ4n) is 3.67. The Hall–Kier alpha value is -2.67. The number of Topliss-reactive ketones (excluding diaryl/α,β-unsaturated/α-hetero) is 1. The van der Waals surface area contributed by atoms with Gasteiger partial charge in [0.05, 0.1) is 12.5 Å². The maximum absolute atomic E-state index is 13.5. The molecule has 2 aliphatic rings. The van der Waals surface area contributed by atoms with E-state index in [9.17, 15) is 14.0 Å². The number of carbonyl (C=O) groups excluding carboxylic acids is 2. The molecule has 0 amide bonds. The van der Waals surface area contributed by atoms with Gasteiger partial charge in [-0.15, -0.1) is 0 Å². The minimum atomic E-state index is -0.761. The van der Waals surface area contributed by atoms with E-state index in [1.807, 2.05) is 13.8 Å². The van der Waals surface area contributed by atoms with Crippen molar-refractivity contribution >= 4 is 11.8 Å². The first-order chi connectivity index (χ1) is 13.2. The molecule has 2 N–H and O–H groups in total. The van der Waals surface area contributed by atoms with Crippen molar-refractivity contribution in [2.24, 2.45) is 11.1 Å². The minimum Gasteiger partial charge on any atom is -0.460 e. The number of methoxy groups -OCH3 is 1. The van der Waals surface area contributed by atoms with Crippen molar-refractivity contribution in [2.45, 2.75) is 32.6 Å².